The van der Waals surface area contributed by atoms with Gasteiger partial charge in [0.1, 0.15) is 0 Å². The van der Waals surface area contributed by atoms with Crippen molar-refractivity contribution in [3.8, 4) is 0 Å². The second-order valence-electron chi connectivity index (χ2n) is 7.19. The van der Waals surface area contributed by atoms with E-state index in [0.29, 0.717) is 0 Å². The first kappa shape index (κ1) is 16.8. The predicted octanol–water partition coefficient (Wildman–Crippen LogP) is 3.87. The monoisotopic (exact) mass is 348 g/mol. The van der Waals surface area contributed by atoms with Crippen LogP contribution in [0, 0.1) is 20.8 Å². The summed E-state index contributed by atoms with van der Waals surface area (Å²) in [6, 6.07) is 9.90. The highest BCUT2D eigenvalue weighted by Crippen LogP contribution is 2.37. The van der Waals surface area contributed by atoms with Crippen LogP contribution in [0.2, 0.25) is 0 Å². The molecule has 1 fully saturated rings. The van der Waals surface area contributed by atoms with Crippen molar-refractivity contribution in [2.45, 2.75) is 39.7 Å². The van der Waals surface area contributed by atoms with Gasteiger partial charge in [-0.25, -0.2) is 0 Å². The molecule has 0 aliphatic carbocycles. The van der Waals surface area contributed by atoms with Crippen molar-refractivity contribution in [2.75, 3.05) is 6.54 Å². The number of benzene rings is 1. The molecule has 0 saturated carbocycles. The van der Waals surface area contributed by atoms with Gasteiger partial charge in [0.25, 0.3) is 5.91 Å². The van der Waals surface area contributed by atoms with Gasteiger partial charge in [0, 0.05) is 35.9 Å². The van der Waals surface area contributed by atoms with Crippen molar-refractivity contribution in [1.82, 2.24) is 19.7 Å². The smallest absolute Gasteiger partial charge is 0.255 e. The molecule has 0 bridgehead atoms. The van der Waals surface area contributed by atoms with Crippen LogP contribution >= 0.6 is 0 Å². The summed E-state index contributed by atoms with van der Waals surface area (Å²) in [5.41, 5.74) is 5.86. The highest BCUT2D eigenvalue weighted by Gasteiger charge is 2.34. The summed E-state index contributed by atoms with van der Waals surface area (Å²) in [7, 11) is 1.96. The number of fused-ring (bicyclic) bond motifs is 1. The third kappa shape index (κ3) is 2.59. The zero-order chi connectivity index (χ0) is 18.4. The van der Waals surface area contributed by atoms with Gasteiger partial charge in [0.15, 0.2) is 0 Å². The Balaban J connectivity index is 1.79. The molecule has 0 spiro atoms. The topological polar surface area (TPSA) is 51.0 Å². The molecular weight excluding hydrogens is 324 g/mol. The van der Waals surface area contributed by atoms with Crippen molar-refractivity contribution in [3.05, 3.63) is 58.5 Å². The molecular formula is C21H24N4O. The van der Waals surface area contributed by atoms with Gasteiger partial charge in [-0.3, -0.25) is 14.5 Å². The average molecular weight is 348 g/mol. The third-order valence-corrected chi connectivity index (χ3v) is 5.49. The zero-order valence-electron chi connectivity index (χ0n) is 15.8. The average Bonchev–Trinajstić information content (AvgIpc) is 3.18. The van der Waals surface area contributed by atoms with Gasteiger partial charge in [0.2, 0.25) is 0 Å². The first-order chi connectivity index (χ1) is 12.5. The Morgan fingerprint density at radius 2 is 1.96 bits per heavy atom. The molecule has 1 atom stereocenters. The van der Waals surface area contributed by atoms with Crippen LogP contribution in [-0.2, 0) is 7.05 Å². The summed E-state index contributed by atoms with van der Waals surface area (Å²) in [4.78, 5) is 20.1. The van der Waals surface area contributed by atoms with E-state index >= 15 is 0 Å². The molecule has 26 heavy (non-hydrogen) atoms. The third-order valence-electron chi connectivity index (χ3n) is 5.49. The first-order valence-corrected chi connectivity index (χ1v) is 9.15. The van der Waals surface area contributed by atoms with Crippen molar-refractivity contribution in [1.29, 1.82) is 0 Å². The fourth-order valence-electron chi connectivity index (χ4n) is 4.22. The summed E-state index contributed by atoms with van der Waals surface area (Å²) in [5, 5.41) is 5.48. The van der Waals surface area contributed by atoms with Crippen LogP contribution in [0.5, 0.6) is 0 Å². The Bertz CT molecular complexity index is 1000. The van der Waals surface area contributed by atoms with Crippen molar-refractivity contribution in [3.63, 3.8) is 0 Å². The van der Waals surface area contributed by atoms with Gasteiger partial charge < -0.3 is 4.90 Å². The van der Waals surface area contributed by atoms with E-state index in [2.05, 4.69) is 17.0 Å². The fraction of sp³-hybridized carbons (Fsp3) is 0.381. The van der Waals surface area contributed by atoms with Crippen LogP contribution in [0.25, 0.3) is 10.9 Å². The molecule has 4 rings (SSSR count). The summed E-state index contributed by atoms with van der Waals surface area (Å²) in [6.45, 7) is 6.85. The Morgan fingerprint density at radius 1 is 1.19 bits per heavy atom. The molecule has 3 heterocycles. The molecule has 3 aromatic rings. The Kier molecular flexibility index (Phi) is 4.02. The lowest BCUT2D eigenvalue weighted by atomic mass is 10.0. The van der Waals surface area contributed by atoms with Crippen molar-refractivity contribution >= 4 is 16.8 Å². The number of carbonyl (C=O) groups is 1. The largest absolute Gasteiger partial charge is 0.331 e. The molecule has 1 aromatic carbocycles. The highest BCUT2D eigenvalue weighted by molar-refractivity contribution is 6.06. The molecule has 5 heteroatoms. The van der Waals surface area contributed by atoms with Crippen molar-refractivity contribution < 1.29 is 4.79 Å². The SMILES string of the molecule is Cc1cc(C(=O)N2CCC[C@@H]2c2c(C)nn(C)c2C)c2ccccc2n1. The number of carbonyl (C=O) groups excluding carboxylic acids is 1. The Morgan fingerprint density at radius 3 is 2.69 bits per heavy atom. The number of rotatable bonds is 2. The highest BCUT2D eigenvalue weighted by atomic mass is 16.2. The molecule has 0 N–H and O–H groups in total. The summed E-state index contributed by atoms with van der Waals surface area (Å²) >= 11 is 0. The normalized spacial score (nSPS) is 17.2. The quantitative estimate of drug-likeness (QED) is 0.706. The van der Waals surface area contributed by atoms with Gasteiger partial charge in [-0.15, -0.1) is 0 Å². The number of amides is 1. The number of likely N-dealkylation sites (tertiary alicyclic amines) is 1. The molecule has 1 amide bonds. The van der Waals surface area contributed by atoms with E-state index in [0.717, 1.165) is 52.9 Å². The second kappa shape index (κ2) is 6.24. The number of pyridine rings is 1. The van der Waals surface area contributed by atoms with Crippen LogP contribution in [0.15, 0.2) is 30.3 Å². The number of hydrogen-bond donors (Lipinski definition) is 0. The van der Waals surface area contributed by atoms with E-state index in [1.807, 2.05) is 60.8 Å². The maximum Gasteiger partial charge on any atom is 0.255 e. The minimum Gasteiger partial charge on any atom is -0.331 e. The zero-order valence-corrected chi connectivity index (χ0v) is 15.8. The van der Waals surface area contributed by atoms with Crippen LogP contribution in [0.4, 0.5) is 0 Å². The van der Waals surface area contributed by atoms with Crippen LogP contribution in [-0.4, -0.2) is 32.1 Å². The maximum atomic E-state index is 13.5. The molecule has 1 aliphatic rings. The summed E-state index contributed by atoms with van der Waals surface area (Å²) < 4.78 is 1.91. The molecule has 134 valence electrons. The summed E-state index contributed by atoms with van der Waals surface area (Å²) in [6.07, 6.45) is 2.01. The molecule has 5 nitrogen and oxygen atoms in total. The van der Waals surface area contributed by atoms with Crippen LogP contribution in [0.3, 0.4) is 0 Å². The lowest BCUT2D eigenvalue weighted by molar-refractivity contribution is 0.0737. The Hall–Kier alpha value is -2.69. The minimum absolute atomic E-state index is 0.0943. The maximum absolute atomic E-state index is 13.5. The minimum atomic E-state index is 0.0943. The lowest BCUT2D eigenvalue weighted by Crippen LogP contribution is -2.31. The number of para-hydroxylation sites is 1. The lowest BCUT2D eigenvalue weighted by Gasteiger charge is -2.26. The van der Waals surface area contributed by atoms with E-state index < -0.39 is 0 Å². The van der Waals surface area contributed by atoms with E-state index in [1.54, 1.807) is 0 Å². The van der Waals surface area contributed by atoms with Gasteiger partial charge >= 0.3 is 0 Å². The molecule has 1 aliphatic heterocycles. The number of aromatic nitrogens is 3. The Labute approximate surface area is 153 Å². The number of aryl methyl sites for hydroxylation is 3. The molecule has 0 unspecified atom stereocenters. The fourth-order valence-corrected chi connectivity index (χ4v) is 4.22. The van der Waals surface area contributed by atoms with Crippen LogP contribution in [0.1, 0.15) is 51.9 Å². The van der Waals surface area contributed by atoms with Gasteiger partial charge in [0.05, 0.1) is 22.8 Å². The predicted molar refractivity (Wildman–Crippen MR) is 102 cm³/mol. The molecule has 0 radical (unpaired) electrons. The second-order valence-corrected chi connectivity index (χ2v) is 7.19. The van der Waals surface area contributed by atoms with Crippen molar-refractivity contribution in [2.24, 2.45) is 7.05 Å². The standard InChI is InChI=1S/C21H24N4O/c1-13-12-17(16-8-5-6-9-18(16)22-13)21(26)25-11-7-10-19(25)20-14(2)23-24(4)15(20)3/h5-6,8-9,12,19H,7,10-11H2,1-4H3/t19-/m1/s1. The van der Waals surface area contributed by atoms with Gasteiger partial charge in [-0.2, -0.15) is 5.10 Å². The summed E-state index contributed by atoms with van der Waals surface area (Å²) in [5.74, 6) is 0.0943. The molecule has 2 aromatic heterocycles. The number of nitrogens with zero attached hydrogens (tertiary/aromatic N) is 4. The van der Waals surface area contributed by atoms with Gasteiger partial charge in [-0.05, 0) is 45.7 Å². The van der Waals surface area contributed by atoms with E-state index in [4.69, 9.17) is 0 Å². The number of hydrogen-bond acceptors (Lipinski definition) is 3. The first-order valence-electron chi connectivity index (χ1n) is 9.15. The molecule has 1 saturated heterocycles. The van der Waals surface area contributed by atoms with E-state index in [1.165, 1.54) is 5.56 Å². The van der Waals surface area contributed by atoms with E-state index in [9.17, 15) is 4.79 Å². The van der Waals surface area contributed by atoms with Gasteiger partial charge in [-0.1, -0.05) is 18.2 Å². The van der Waals surface area contributed by atoms with Crippen LogP contribution < -0.4 is 0 Å². The van der Waals surface area contributed by atoms with E-state index in [-0.39, 0.29) is 11.9 Å².